The first-order chi connectivity index (χ1) is 12.2. The second-order valence-corrected chi connectivity index (χ2v) is 6.49. The molecule has 0 atom stereocenters. The van der Waals surface area contributed by atoms with Crippen molar-refractivity contribution in [3.05, 3.63) is 41.2 Å². The molecule has 1 aromatic heterocycles. The van der Waals surface area contributed by atoms with Crippen LogP contribution in [0.5, 0.6) is 5.75 Å². The molecular weight excluding hydrogens is 340 g/mol. The summed E-state index contributed by atoms with van der Waals surface area (Å²) < 4.78 is 5.09. The molecule has 0 unspecified atom stereocenters. The number of aromatic nitrogens is 2. The second-order valence-electron chi connectivity index (χ2n) is 6.08. The maximum absolute atomic E-state index is 12.3. The molecular formula is C18H21ClN4O2. The summed E-state index contributed by atoms with van der Waals surface area (Å²) in [6.45, 7) is 0. The lowest BCUT2D eigenvalue weighted by molar-refractivity contribution is 0.102. The number of methoxy groups -OCH3 is 1. The summed E-state index contributed by atoms with van der Waals surface area (Å²) in [6.07, 6.45) is 9.11. The van der Waals surface area contributed by atoms with Gasteiger partial charge in [0.25, 0.3) is 5.91 Å². The zero-order valence-electron chi connectivity index (χ0n) is 14.1. The van der Waals surface area contributed by atoms with Crippen LogP contribution in [-0.4, -0.2) is 29.0 Å². The van der Waals surface area contributed by atoms with Crippen molar-refractivity contribution in [3.8, 4) is 5.75 Å². The minimum Gasteiger partial charge on any atom is -0.495 e. The fraction of sp³-hybridized carbons (Fsp3) is 0.389. The van der Waals surface area contributed by atoms with Crippen molar-refractivity contribution < 1.29 is 9.53 Å². The Morgan fingerprint density at radius 3 is 2.56 bits per heavy atom. The van der Waals surface area contributed by atoms with Gasteiger partial charge in [-0.2, -0.15) is 0 Å². The van der Waals surface area contributed by atoms with Crippen LogP contribution in [-0.2, 0) is 0 Å². The summed E-state index contributed by atoms with van der Waals surface area (Å²) in [5, 5.41) is 6.54. The molecule has 2 N–H and O–H groups in total. The molecule has 1 amide bonds. The van der Waals surface area contributed by atoms with Crippen molar-refractivity contribution in [1.29, 1.82) is 0 Å². The van der Waals surface area contributed by atoms with Gasteiger partial charge in [0.2, 0.25) is 5.95 Å². The Kier molecular flexibility index (Phi) is 5.71. The number of nitrogens with zero attached hydrogens (tertiary/aromatic N) is 2. The van der Waals surface area contributed by atoms with Crippen molar-refractivity contribution in [3.63, 3.8) is 0 Å². The largest absolute Gasteiger partial charge is 0.495 e. The summed E-state index contributed by atoms with van der Waals surface area (Å²) in [5.41, 5.74) is 0.973. The van der Waals surface area contributed by atoms with Crippen LogP contribution in [0.15, 0.2) is 30.6 Å². The van der Waals surface area contributed by atoms with E-state index in [1.54, 1.807) is 25.3 Å². The number of hydrogen-bond acceptors (Lipinski definition) is 5. The molecule has 0 saturated heterocycles. The summed E-state index contributed by atoms with van der Waals surface area (Å²) >= 11 is 6.06. The fourth-order valence-corrected chi connectivity index (χ4v) is 3.15. The van der Waals surface area contributed by atoms with Crippen molar-refractivity contribution in [2.45, 2.75) is 38.1 Å². The highest BCUT2D eigenvalue weighted by atomic mass is 35.5. The minimum absolute atomic E-state index is 0.287. The maximum Gasteiger partial charge on any atom is 0.258 e. The summed E-state index contributed by atoms with van der Waals surface area (Å²) in [4.78, 5) is 20.8. The van der Waals surface area contributed by atoms with Crippen LogP contribution >= 0.6 is 11.6 Å². The first kappa shape index (κ1) is 17.5. The molecule has 3 rings (SSSR count). The molecule has 7 heteroatoms. The van der Waals surface area contributed by atoms with Crippen LogP contribution in [0.25, 0.3) is 0 Å². The van der Waals surface area contributed by atoms with Crippen LogP contribution in [0, 0.1) is 0 Å². The summed E-state index contributed by atoms with van der Waals surface area (Å²) in [6, 6.07) is 5.49. The Morgan fingerprint density at radius 1 is 1.20 bits per heavy atom. The number of nitrogens with one attached hydrogen (secondary N) is 2. The molecule has 2 aromatic rings. The highest BCUT2D eigenvalue weighted by Crippen LogP contribution is 2.27. The number of hydrogen-bond donors (Lipinski definition) is 2. The van der Waals surface area contributed by atoms with E-state index in [0.29, 0.717) is 34.0 Å². The van der Waals surface area contributed by atoms with Crippen molar-refractivity contribution >= 4 is 29.1 Å². The summed E-state index contributed by atoms with van der Waals surface area (Å²) in [7, 11) is 1.54. The van der Waals surface area contributed by atoms with E-state index < -0.39 is 0 Å². The standard InChI is InChI=1S/C18H21ClN4O2/c1-25-16-8-7-14(9-15(16)19)22-17(24)12-10-20-18(21-11-12)23-13-5-3-2-4-6-13/h7-11,13H,2-6H2,1H3,(H,22,24)(H,20,21,23). The molecule has 6 nitrogen and oxygen atoms in total. The molecule has 0 aliphatic heterocycles. The molecule has 1 heterocycles. The normalized spacial score (nSPS) is 14.8. The van der Waals surface area contributed by atoms with Gasteiger partial charge in [-0.3, -0.25) is 4.79 Å². The van der Waals surface area contributed by atoms with Gasteiger partial charge in [0.05, 0.1) is 17.7 Å². The molecule has 1 aliphatic rings. The topological polar surface area (TPSA) is 76.1 Å². The van der Waals surface area contributed by atoms with Gasteiger partial charge in [-0.1, -0.05) is 30.9 Å². The highest BCUT2D eigenvalue weighted by Gasteiger charge is 2.15. The second kappa shape index (κ2) is 8.16. The van der Waals surface area contributed by atoms with Gasteiger partial charge in [-0.25, -0.2) is 9.97 Å². The minimum atomic E-state index is -0.287. The molecule has 0 spiro atoms. The van der Waals surface area contributed by atoms with Crippen LogP contribution in [0.2, 0.25) is 5.02 Å². The zero-order valence-corrected chi connectivity index (χ0v) is 14.8. The van der Waals surface area contributed by atoms with Gasteiger partial charge in [0, 0.05) is 24.1 Å². The van der Waals surface area contributed by atoms with Crippen LogP contribution in [0.3, 0.4) is 0 Å². The number of anilines is 2. The Labute approximate surface area is 152 Å². The van der Waals surface area contributed by atoms with Crippen molar-refractivity contribution in [2.75, 3.05) is 17.7 Å². The SMILES string of the molecule is COc1ccc(NC(=O)c2cnc(NC3CCCCC3)nc2)cc1Cl. The van der Waals surface area contributed by atoms with E-state index in [2.05, 4.69) is 20.6 Å². The number of carbonyl (C=O) groups excluding carboxylic acids is 1. The van der Waals surface area contributed by atoms with Gasteiger partial charge in [0.1, 0.15) is 5.75 Å². The predicted octanol–water partition coefficient (Wildman–Crippen LogP) is 4.14. The van der Waals surface area contributed by atoms with Gasteiger partial charge < -0.3 is 15.4 Å². The van der Waals surface area contributed by atoms with E-state index in [0.717, 1.165) is 12.8 Å². The van der Waals surface area contributed by atoms with Gasteiger partial charge in [-0.15, -0.1) is 0 Å². The van der Waals surface area contributed by atoms with E-state index in [1.807, 2.05) is 0 Å². The third-order valence-electron chi connectivity index (χ3n) is 4.26. The molecule has 0 bridgehead atoms. The highest BCUT2D eigenvalue weighted by molar-refractivity contribution is 6.32. The molecule has 132 valence electrons. The fourth-order valence-electron chi connectivity index (χ4n) is 2.90. The molecule has 1 aliphatic carbocycles. The molecule has 1 saturated carbocycles. The van der Waals surface area contributed by atoms with Gasteiger partial charge in [0.15, 0.2) is 0 Å². The number of carbonyl (C=O) groups is 1. The number of amides is 1. The summed E-state index contributed by atoms with van der Waals surface area (Å²) in [5.74, 6) is 0.836. The molecule has 1 aromatic carbocycles. The Bertz CT molecular complexity index is 730. The van der Waals surface area contributed by atoms with Gasteiger partial charge >= 0.3 is 0 Å². The van der Waals surface area contributed by atoms with E-state index in [4.69, 9.17) is 16.3 Å². The third kappa shape index (κ3) is 4.60. The number of ether oxygens (including phenoxy) is 1. The smallest absolute Gasteiger partial charge is 0.258 e. The van der Waals surface area contributed by atoms with Crippen molar-refractivity contribution in [2.24, 2.45) is 0 Å². The molecule has 25 heavy (non-hydrogen) atoms. The number of rotatable bonds is 5. The van der Waals surface area contributed by atoms with E-state index >= 15 is 0 Å². The van der Waals surface area contributed by atoms with Crippen molar-refractivity contribution in [1.82, 2.24) is 9.97 Å². The van der Waals surface area contributed by atoms with Gasteiger partial charge in [-0.05, 0) is 31.0 Å². The first-order valence-corrected chi connectivity index (χ1v) is 8.77. The molecule has 1 fully saturated rings. The number of halogens is 1. The van der Waals surface area contributed by atoms with E-state index in [9.17, 15) is 4.79 Å². The Balaban J connectivity index is 1.61. The van der Waals surface area contributed by atoms with E-state index in [1.165, 1.54) is 31.7 Å². The average molecular weight is 361 g/mol. The average Bonchev–Trinajstić information content (AvgIpc) is 2.63. The monoisotopic (exact) mass is 360 g/mol. The predicted molar refractivity (Wildman–Crippen MR) is 98.5 cm³/mol. The van der Waals surface area contributed by atoms with Crippen LogP contribution in [0.4, 0.5) is 11.6 Å². The Hall–Kier alpha value is -2.34. The van der Waals surface area contributed by atoms with E-state index in [-0.39, 0.29) is 5.91 Å². The van der Waals surface area contributed by atoms with Crippen LogP contribution < -0.4 is 15.4 Å². The number of benzene rings is 1. The first-order valence-electron chi connectivity index (χ1n) is 8.39. The zero-order chi connectivity index (χ0) is 17.6. The lowest BCUT2D eigenvalue weighted by Crippen LogP contribution is -2.23. The Morgan fingerprint density at radius 2 is 1.92 bits per heavy atom. The lowest BCUT2D eigenvalue weighted by atomic mass is 9.96. The quantitative estimate of drug-likeness (QED) is 0.838. The molecule has 0 radical (unpaired) electrons. The van der Waals surface area contributed by atoms with Crippen LogP contribution in [0.1, 0.15) is 42.5 Å². The lowest BCUT2D eigenvalue weighted by Gasteiger charge is -2.22. The maximum atomic E-state index is 12.3. The third-order valence-corrected chi connectivity index (χ3v) is 4.56.